The number of halogens is 2. The summed E-state index contributed by atoms with van der Waals surface area (Å²) in [4.78, 5) is 0. The van der Waals surface area contributed by atoms with Crippen molar-refractivity contribution in [2.45, 2.75) is 12.8 Å². The van der Waals surface area contributed by atoms with Gasteiger partial charge >= 0.3 is 0 Å². The fraction of sp³-hybridized carbons (Fsp3) is 0.143. The minimum atomic E-state index is 0.517. The van der Waals surface area contributed by atoms with E-state index in [2.05, 4.69) is 0 Å². The van der Waals surface area contributed by atoms with E-state index in [0.717, 1.165) is 22.6 Å². The molecule has 0 unspecified atom stereocenters. The van der Waals surface area contributed by atoms with E-state index in [4.69, 9.17) is 27.9 Å². The van der Waals surface area contributed by atoms with E-state index in [1.165, 1.54) is 0 Å². The van der Waals surface area contributed by atoms with Gasteiger partial charge in [0.15, 0.2) is 0 Å². The van der Waals surface area contributed by atoms with Crippen molar-refractivity contribution < 1.29 is 4.74 Å². The number of aryl methyl sites for hydroxylation is 1. The van der Waals surface area contributed by atoms with Crippen LogP contribution in [0.3, 0.4) is 0 Å². The van der Waals surface area contributed by atoms with Crippen LogP contribution in [-0.4, -0.2) is 0 Å². The summed E-state index contributed by atoms with van der Waals surface area (Å²) < 4.78 is 5.71. The predicted octanol–water partition coefficient (Wildman–Crippen LogP) is 5.18. The second-order valence-corrected chi connectivity index (χ2v) is 4.49. The fourth-order valence-electron chi connectivity index (χ4n) is 1.55. The van der Waals surface area contributed by atoms with Gasteiger partial charge in [0.25, 0.3) is 0 Å². The summed E-state index contributed by atoms with van der Waals surface area (Å²) in [7, 11) is 0. The van der Waals surface area contributed by atoms with Crippen LogP contribution >= 0.6 is 23.2 Å². The first-order valence-electron chi connectivity index (χ1n) is 5.28. The van der Waals surface area contributed by atoms with Crippen molar-refractivity contribution in [2.24, 2.45) is 0 Å². The van der Waals surface area contributed by atoms with Crippen LogP contribution in [0.15, 0.2) is 42.5 Å². The van der Waals surface area contributed by atoms with Gasteiger partial charge in [0.2, 0.25) is 0 Å². The van der Waals surface area contributed by atoms with Crippen LogP contribution in [0.4, 0.5) is 0 Å². The second kappa shape index (κ2) is 5.44. The maximum absolute atomic E-state index is 5.89. The summed E-state index contributed by atoms with van der Waals surface area (Å²) in [5.74, 6) is 2.04. The molecule has 0 aromatic heterocycles. The van der Waals surface area contributed by atoms with Crippen molar-refractivity contribution in [1.82, 2.24) is 0 Å². The molecule has 0 bridgehead atoms. The molecule has 0 spiro atoms. The molecule has 0 aliphatic carbocycles. The first kappa shape index (κ1) is 12.3. The number of hydrogen-bond acceptors (Lipinski definition) is 1. The standard InChI is InChI=1S/C14H12Cl2O/c1-10-7-14(6-5-11(10)9-15)17-13-4-2-3-12(16)8-13/h2-8H,9H2,1H3. The lowest BCUT2D eigenvalue weighted by Crippen LogP contribution is -1.88. The Morgan fingerprint density at radius 2 is 1.82 bits per heavy atom. The molecule has 2 rings (SSSR count). The van der Waals surface area contributed by atoms with Crippen molar-refractivity contribution >= 4 is 23.2 Å². The Kier molecular flexibility index (Phi) is 3.93. The first-order valence-corrected chi connectivity index (χ1v) is 6.19. The minimum Gasteiger partial charge on any atom is -0.457 e. The van der Waals surface area contributed by atoms with Crippen LogP contribution in [0.2, 0.25) is 5.02 Å². The van der Waals surface area contributed by atoms with Gasteiger partial charge in [-0.1, -0.05) is 23.7 Å². The minimum absolute atomic E-state index is 0.517. The highest BCUT2D eigenvalue weighted by molar-refractivity contribution is 6.30. The van der Waals surface area contributed by atoms with E-state index in [-0.39, 0.29) is 0 Å². The van der Waals surface area contributed by atoms with Crippen LogP contribution in [0, 0.1) is 6.92 Å². The van der Waals surface area contributed by atoms with Crippen molar-refractivity contribution in [2.75, 3.05) is 0 Å². The summed E-state index contributed by atoms with van der Waals surface area (Å²) in [6.07, 6.45) is 0. The van der Waals surface area contributed by atoms with Crippen LogP contribution in [0.25, 0.3) is 0 Å². The topological polar surface area (TPSA) is 9.23 Å². The molecule has 0 amide bonds. The monoisotopic (exact) mass is 266 g/mol. The van der Waals surface area contributed by atoms with Crippen LogP contribution in [0.5, 0.6) is 11.5 Å². The third kappa shape index (κ3) is 3.15. The van der Waals surface area contributed by atoms with Crippen LogP contribution in [0.1, 0.15) is 11.1 Å². The molecule has 0 aliphatic rings. The van der Waals surface area contributed by atoms with Gasteiger partial charge in [-0.25, -0.2) is 0 Å². The molecule has 0 radical (unpaired) electrons. The number of ether oxygens (including phenoxy) is 1. The Labute approximate surface area is 111 Å². The van der Waals surface area contributed by atoms with Gasteiger partial charge < -0.3 is 4.74 Å². The van der Waals surface area contributed by atoms with E-state index >= 15 is 0 Å². The Morgan fingerprint density at radius 1 is 1.06 bits per heavy atom. The fourth-order valence-corrected chi connectivity index (χ4v) is 2.03. The summed E-state index contributed by atoms with van der Waals surface area (Å²) in [6, 6.07) is 13.2. The molecule has 0 heterocycles. The molecule has 2 aromatic rings. The summed E-state index contributed by atoms with van der Waals surface area (Å²) in [6.45, 7) is 2.02. The normalized spacial score (nSPS) is 10.3. The Morgan fingerprint density at radius 3 is 2.47 bits per heavy atom. The number of benzene rings is 2. The molecule has 0 saturated heterocycles. The lowest BCUT2D eigenvalue weighted by atomic mass is 10.1. The zero-order valence-electron chi connectivity index (χ0n) is 9.41. The second-order valence-electron chi connectivity index (χ2n) is 3.78. The highest BCUT2D eigenvalue weighted by atomic mass is 35.5. The zero-order valence-corrected chi connectivity index (χ0v) is 10.9. The van der Waals surface area contributed by atoms with E-state index < -0.39 is 0 Å². The number of alkyl halides is 1. The summed E-state index contributed by atoms with van der Waals surface area (Å²) >= 11 is 11.7. The average molecular weight is 267 g/mol. The van der Waals surface area contributed by atoms with E-state index in [1.54, 1.807) is 6.07 Å². The lowest BCUT2D eigenvalue weighted by Gasteiger charge is -2.08. The van der Waals surface area contributed by atoms with Crippen LogP contribution in [-0.2, 0) is 5.88 Å². The van der Waals surface area contributed by atoms with Gasteiger partial charge in [-0.3, -0.25) is 0 Å². The highest BCUT2D eigenvalue weighted by Gasteiger charge is 2.01. The Hall–Kier alpha value is -1.18. The van der Waals surface area contributed by atoms with E-state index in [1.807, 2.05) is 43.3 Å². The SMILES string of the molecule is Cc1cc(Oc2cccc(Cl)c2)ccc1CCl. The third-order valence-corrected chi connectivity index (χ3v) is 3.01. The zero-order chi connectivity index (χ0) is 12.3. The van der Waals surface area contributed by atoms with Crippen molar-refractivity contribution in [1.29, 1.82) is 0 Å². The van der Waals surface area contributed by atoms with Crippen molar-refractivity contribution in [3.8, 4) is 11.5 Å². The molecular weight excluding hydrogens is 255 g/mol. The molecule has 0 fully saturated rings. The summed E-state index contributed by atoms with van der Waals surface area (Å²) in [5, 5.41) is 0.664. The first-order chi connectivity index (χ1) is 8.19. The quantitative estimate of drug-likeness (QED) is 0.696. The molecule has 3 heteroatoms. The molecule has 0 atom stereocenters. The van der Waals surface area contributed by atoms with E-state index in [9.17, 15) is 0 Å². The molecule has 88 valence electrons. The Bertz CT molecular complexity index is 523. The average Bonchev–Trinajstić information content (AvgIpc) is 2.29. The lowest BCUT2D eigenvalue weighted by molar-refractivity contribution is 0.482. The van der Waals surface area contributed by atoms with E-state index in [0.29, 0.717) is 10.9 Å². The number of rotatable bonds is 3. The van der Waals surface area contributed by atoms with Gasteiger partial charge in [-0.15, -0.1) is 11.6 Å². The maximum Gasteiger partial charge on any atom is 0.128 e. The maximum atomic E-state index is 5.89. The summed E-state index contributed by atoms with van der Waals surface area (Å²) in [5.41, 5.74) is 2.24. The van der Waals surface area contributed by atoms with Gasteiger partial charge in [-0.05, 0) is 48.4 Å². The van der Waals surface area contributed by atoms with Gasteiger partial charge in [-0.2, -0.15) is 0 Å². The van der Waals surface area contributed by atoms with Crippen molar-refractivity contribution in [3.05, 3.63) is 58.6 Å². The highest BCUT2D eigenvalue weighted by Crippen LogP contribution is 2.26. The molecular formula is C14H12Cl2O. The van der Waals surface area contributed by atoms with Crippen LogP contribution < -0.4 is 4.74 Å². The van der Waals surface area contributed by atoms with Crippen molar-refractivity contribution in [3.63, 3.8) is 0 Å². The largest absolute Gasteiger partial charge is 0.457 e. The molecule has 0 N–H and O–H groups in total. The molecule has 2 aromatic carbocycles. The third-order valence-electron chi connectivity index (χ3n) is 2.49. The van der Waals surface area contributed by atoms with Gasteiger partial charge in [0.1, 0.15) is 11.5 Å². The molecule has 1 nitrogen and oxygen atoms in total. The molecule has 0 aliphatic heterocycles. The predicted molar refractivity (Wildman–Crippen MR) is 72.3 cm³/mol. The molecule has 0 saturated carbocycles. The van der Waals surface area contributed by atoms with Gasteiger partial charge in [0, 0.05) is 10.9 Å². The number of hydrogen-bond donors (Lipinski definition) is 0. The Balaban J connectivity index is 2.22. The smallest absolute Gasteiger partial charge is 0.128 e. The van der Waals surface area contributed by atoms with Gasteiger partial charge in [0.05, 0.1) is 0 Å². The molecule has 17 heavy (non-hydrogen) atoms.